The minimum Gasteiger partial charge on any atom is -0.325 e. The standard InChI is InChI=1S/C6H6ClF3N2S/c1-12-4(2-7)3-11-5(12)13-6(8,9)10/h3H,2H2,1H3. The fraction of sp³-hybridized carbons (Fsp3) is 0.500. The number of rotatable bonds is 2. The molecule has 0 atom stereocenters. The molecule has 1 aromatic heterocycles. The summed E-state index contributed by atoms with van der Waals surface area (Å²) in [6, 6.07) is 0. The molecule has 0 aliphatic heterocycles. The summed E-state index contributed by atoms with van der Waals surface area (Å²) < 4.78 is 37.1. The van der Waals surface area contributed by atoms with Crippen LogP contribution in [0.4, 0.5) is 13.2 Å². The van der Waals surface area contributed by atoms with Crippen LogP contribution in [0.25, 0.3) is 0 Å². The van der Waals surface area contributed by atoms with Gasteiger partial charge in [-0.15, -0.1) is 11.6 Å². The lowest BCUT2D eigenvalue weighted by molar-refractivity contribution is -0.0331. The molecular weight excluding hydrogens is 225 g/mol. The number of hydrogen-bond acceptors (Lipinski definition) is 2. The van der Waals surface area contributed by atoms with Gasteiger partial charge in [-0.05, 0) is 0 Å². The Morgan fingerprint density at radius 1 is 1.62 bits per heavy atom. The summed E-state index contributed by atoms with van der Waals surface area (Å²) in [5.74, 6) is 0.155. The number of halogens is 4. The van der Waals surface area contributed by atoms with Gasteiger partial charge in [-0.1, -0.05) is 0 Å². The Hall–Kier alpha value is -0.360. The van der Waals surface area contributed by atoms with Crippen LogP contribution in [0.1, 0.15) is 5.69 Å². The van der Waals surface area contributed by atoms with Gasteiger partial charge in [0.2, 0.25) is 0 Å². The third-order valence-electron chi connectivity index (χ3n) is 1.39. The minimum atomic E-state index is -4.30. The highest BCUT2D eigenvalue weighted by atomic mass is 35.5. The Morgan fingerprint density at radius 2 is 2.23 bits per heavy atom. The second-order valence-corrected chi connectivity index (χ2v) is 3.57. The molecule has 13 heavy (non-hydrogen) atoms. The van der Waals surface area contributed by atoms with E-state index in [2.05, 4.69) is 4.98 Å². The van der Waals surface area contributed by atoms with Crippen molar-refractivity contribution in [2.45, 2.75) is 16.5 Å². The van der Waals surface area contributed by atoms with Gasteiger partial charge in [-0.25, -0.2) is 4.98 Å². The maximum Gasteiger partial charge on any atom is 0.449 e. The molecule has 0 saturated carbocycles. The molecule has 1 aromatic rings. The van der Waals surface area contributed by atoms with E-state index in [4.69, 9.17) is 11.6 Å². The van der Waals surface area contributed by atoms with Crippen LogP contribution < -0.4 is 0 Å². The zero-order valence-electron chi connectivity index (χ0n) is 6.60. The normalized spacial score (nSPS) is 12.1. The number of alkyl halides is 4. The van der Waals surface area contributed by atoms with E-state index in [-0.39, 0.29) is 22.8 Å². The first-order chi connectivity index (χ1) is 5.94. The summed E-state index contributed by atoms with van der Waals surface area (Å²) in [4.78, 5) is 3.59. The third kappa shape index (κ3) is 2.80. The average molecular weight is 231 g/mol. The second kappa shape index (κ2) is 3.79. The lowest BCUT2D eigenvalue weighted by Gasteiger charge is -2.05. The molecule has 74 valence electrons. The smallest absolute Gasteiger partial charge is 0.325 e. The lowest BCUT2D eigenvalue weighted by atomic mass is 10.5. The van der Waals surface area contributed by atoms with Crippen LogP contribution in [-0.2, 0) is 12.9 Å². The van der Waals surface area contributed by atoms with Gasteiger partial charge in [0.1, 0.15) is 0 Å². The molecular formula is C6H6ClF3N2S. The van der Waals surface area contributed by atoms with Gasteiger partial charge in [0.05, 0.1) is 17.8 Å². The van der Waals surface area contributed by atoms with Crippen molar-refractivity contribution in [3.63, 3.8) is 0 Å². The van der Waals surface area contributed by atoms with Crippen LogP contribution in [0, 0.1) is 0 Å². The highest BCUT2D eigenvalue weighted by Crippen LogP contribution is 2.35. The quantitative estimate of drug-likeness (QED) is 0.574. The van der Waals surface area contributed by atoms with Crippen molar-refractivity contribution in [3.8, 4) is 0 Å². The SMILES string of the molecule is Cn1c(CCl)cnc1SC(F)(F)F. The molecule has 0 N–H and O–H groups in total. The summed E-state index contributed by atoms with van der Waals surface area (Å²) in [5, 5.41) is -0.0943. The summed E-state index contributed by atoms with van der Waals surface area (Å²) in [6.45, 7) is 0. The predicted octanol–water partition coefficient (Wildman–Crippen LogP) is 2.77. The summed E-state index contributed by atoms with van der Waals surface area (Å²) in [6.07, 6.45) is 1.33. The van der Waals surface area contributed by atoms with Gasteiger partial charge < -0.3 is 4.57 Å². The summed E-state index contributed by atoms with van der Waals surface area (Å²) in [7, 11) is 1.50. The molecule has 0 aliphatic rings. The monoisotopic (exact) mass is 230 g/mol. The minimum absolute atomic E-state index is 0.0943. The van der Waals surface area contributed by atoms with Crippen LogP contribution in [0.2, 0.25) is 0 Å². The molecule has 0 amide bonds. The van der Waals surface area contributed by atoms with Gasteiger partial charge in [0.15, 0.2) is 5.16 Å². The molecule has 1 rings (SSSR count). The molecule has 0 bridgehead atoms. The van der Waals surface area contributed by atoms with Crippen molar-refractivity contribution in [2.24, 2.45) is 7.05 Å². The van der Waals surface area contributed by atoms with E-state index >= 15 is 0 Å². The van der Waals surface area contributed by atoms with E-state index in [0.717, 1.165) is 0 Å². The van der Waals surface area contributed by atoms with Crippen molar-refractivity contribution in [3.05, 3.63) is 11.9 Å². The second-order valence-electron chi connectivity index (χ2n) is 2.27. The number of thioether (sulfide) groups is 1. The Morgan fingerprint density at radius 3 is 2.62 bits per heavy atom. The van der Waals surface area contributed by atoms with E-state index in [1.807, 2.05) is 0 Å². The van der Waals surface area contributed by atoms with Crippen LogP contribution >= 0.6 is 23.4 Å². The van der Waals surface area contributed by atoms with Gasteiger partial charge in [0.25, 0.3) is 0 Å². The molecule has 0 aromatic carbocycles. The van der Waals surface area contributed by atoms with Crippen molar-refractivity contribution in [1.82, 2.24) is 9.55 Å². The molecule has 1 heterocycles. The molecule has 7 heteroatoms. The van der Waals surface area contributed by atoms with Crippen LogP contribution in [0.15, 0.2) is 11.4 Å². The highest BCUT2D eigenvalue weighted by Gasteiger charge is 2.31. The molecule has 0 aliphatic carbocycles. The van der Waals surface area contributed by atoms with Crippen molar-refractivity contribution in [1.29, 1.82) is 0 Å². The first-order valence-corrected chi connectivity index (χ1v) is 4.61. The number of hydrogen-bond donors (Lipinski definition) is 0. The number of aromatic nitrogens is 2. The predicted molar refractivity (Wildman–Crippen MR) is 44.7 cm³/mol. The fourth-order valence-corrected chi connectivity index (χ4v) is 1.56. The average Bonchev–Trinajstić information content (AvgIpc) is 2.30. The maximum absolute atomic E-state index is 11.9. The molecule has 0 saturated heterocycles. The van der Waals surface area contributed by atoms with Gasteiger partial charge in [0, 0.05) is 18.8 Å². The summed E-state index contributed by atoms with van der Waals surface area (Å²) in [5.41, 5.74) is -3.74. The first-order valence-electron chi connectivity index (χ1n) is 3.26. The highest BCUT2D eigenvalue weighted by molar-refractivity contribution is 8.00. The van der Waals surface area contributed by atoms with Crippen LogP contribution in [0.5, 0.6) is 0 Å². The Kier molecular flexibility index (Phi) is 3.13. The fourth-order valence-electron chi connectivity index (χ4n) is 0.748. The molecule has 0 radical (unpaired) electrons. The largest absolute Gasteiger partial charge is 0.449 e. The van der Waals surface area contributed by atoms with Crippen LogP contribution in [-0.4, -0.2) is 15.1 Å². The maximum atomic E-state index is 11.9. The Labute approximate surface area is 82.1 Å². The zero-order valence-corrected chi connectivity index (χ0v) is 8.17. The van der Waals surface area contributed by atoms with E-state index in [9.17, 15) is 13.2 Å². The first kappa shape index (κ1) is 10.7. The zero-order chi connectivity index (χ0) is 10.1. The number of imidazole rings is 1. The molecule has 0 unspecified atom stereocenters. The number of nitrogens with zero attached hydrogens (tertiary/aromatic N) is 2. The lowest BCUT2D eigenvalue weighted by Crippen LogP contribution is -2.04. The molecule has 2 nitrogen and oxygen atoms in total. The third-order valence-corrected chi connectivity index (χ3v) is 2.45. The van der Waals surface area contributed by atoms with E-state index in [1.165, 1.54) is 17.8 Å². The van der Waals surface area contributed by atoms with E-state index in [0.29, 0.717) is 5.69 Å². The summed E-state index contributed by atoms with van der Waals surface area (Å²) >= 11 is 5.22. The van der Waals surface area contributed by atoms with Crippen LogP contribution in [0.3, 0.4) is 0 Å². The van der Waals surface area contributed by atoms with Gasteiger partial charge >= 0.3 is 5.51 Å². The topological polar surface area (TPSA) is 17.8 Å². The Bertz CT molecular complexity index is 297. The van der Waals surface area contributed by atoms with Gasteiger partial charge in [-0.3, -0.25) is 0 Å². The van der Waals surface area contributed by atoms with E-state index in [1.54, 1.807) is 0 Å². The van der Waals surface area contributed by atoms with E-state index < -0.39 is 5.51 Å². The Balaban J connectivity index is 2.84. The van der Waals surface area contributed by atoms with Crippen molar-refractivity contribution < 1.29 is 13.2 Å². The van der Waals surface area contributed by atoms with Gasteiger partial charge in [-0.2, -0.15) is 13.2 Å². The van der Waals surface area contributed by atoms with Crippen molar-refractivity contribution in [2.75, 3.05) is 0 Å². The molecule has 0 spiro atoms. The van der Waals surface area contributed by atoms with Crippen molar-refractivity contribution >= 4 is 23.4 Å². The molecule has 0 fully saturated rings.